The molecule has 1 aromatic carbocycles. The first-order valence-corrected chi connectivity index (χ1v) is 8.13. The van der Waals surface area contributed by atoms with Gasteiger partial charge in [0.15, 0.2) is 11.6 Å². The van der Waals surface area contributed by atoms with Gasteiger partial charge >= 0.3 is 0 Å². The van der Waals surface area contributed by atoms with Crippen molar-refractivity contribution < 1.29 is 18.7 Å². The molecule has 0 radical (unpaired) electrons. The van der Waals surface area contributed by atoms with Crippen LogP contribution >= 0.6 is 11.6 Å². The van der Waals surface area contributed by atoms with Gasteiger partial charge in [-0.1, -0.05) is 24.2 Å². The highest BCUT2D eigenvalue weighted by molar-refractivity contribution is 6.35. The quantitative estimate of drug-likeness (QED) is 0.315. The zero-order chi connectivity index (χ0) is 18.4. The number of carbonyl (C=O) groups excluding carboxylic acids is 1. The molecule has 1 saturated carbocycles. The molecule has 1 aliphatic rings. The minimum Gasteiger partial charge on any atom is -0.494 e. The predicted octanol–water partition coefficient (Wildman–Crippen LogP) is 3.54. The van der Waals surface area contributed by atoms with Gasteiger partial charge in [-0.25, -0.2) is 9.38 Å². The summed E-state index contributed by atoms with van der Waals surface area (Å²) in [5, 5.41) is 2.64. The van der Waals surface area contributed by atoms with E-state index in [1.54, 1.807) is 6.07 Å². The Morgan fingerprint density at radius 1 is 1.48 bits per heavy atom. The number of rotatable bonds is 9. The van der Waals surface area contributed by atoms with E-state index >= 15 is 0 Å². The topological polar surface area (TPSA) is 59.9 Å². The van der Waals surface area contributed by atoms with Crippen LogP contribution in [0.25, 0.3) is 0 Å². The van der Waals surface area contributed by atoms with Crippen molar-refractivity contribution in [1.82, 2.24) is 5.32 Å². The van der Waals surface area contributed by atoms with Crippen LogP contribution in [0.5, 0.6) is 5.75 Å². The first-order chi connectivity index (χ1) is 12.0. The molecule has 7 heteroatoms. The van der Waals surface area contributed by atoms with Crippen LogP contribution in [0.3, 0.4) is 0 Å². The third-order valence-electron chi connectivity index (χ3n) is 3.68. The van der Waals surface area contributed by atoms with E-state index in [-0.39, 0.29) is 28.8 Å². The Labute approximate surface area is 151 Å². The van der Waals surface area contributed by atoms with Crippen LogP contribution in [-0.4, -0.2) is 26.3 Å². The molecule has 0 aliphatic heterocycles. The molecule has 0 aromatic heterocycles. The molecule has 134 valence electrons. The smallest absolute Gasteiger partial charge is 0.258 e. The average Bonchev–Trinajstić information content (AvgIpc) is 3.40. The van der Waals surface area contributed by atoms with E-state index in [1.165, 1.54) is 19.2 Å². The molecule has 2 rings (SSSR count). The van der Waals surface area contributed by atoms with E-state index in [2.05, 4.69) is 23.6 Å². The van der Waals surface area contributed by atoms with Gasteiger partial charge in [-0.2, -0.15) is 0 Å². The summed E-state index contributed by atoms with van der Waals surface area (Å²) in [5.41, 5.74) is 0.587. The summed E-state index contributed by atoms with van der Waals surface area (Å²) in [6, 6.07) is 4.43. The maximum Gasteiger partial charge on any atom is 0.258 e. The SMILES string of the molecule is C=N/C(OCC1CC1)=C(\C(=C)Cl)C(=O)NCc1ccc(OC)c(F)c1. The summed E-state index contributed by atoms with van der Waals surface area (Å²) in [6.07, 6.45) is 2.19. The Morgan fingerprint density at radius 2 is 2.20 bits per heavy atom. The molecule has 0 bridgehead atoms. The Bertz CT molecular complexity index is 714. The number of amides is 1. The molecule has 0 saturated heterocycles. The Kier molecular flexibility index (Phi) is 6.58. The molecule has 1 fully saturated rings. The normalized spacial score (nSPS) is 14.4. The highest BCUT2D eigenvalue weighted by atomic mass is 35.5. The van der Waals surface area contributed by atoms with Crippen LogP contribution in [0, 0.1) is 11.7 Å². The van der Waals surface area contributed by atoms with Crippen molar-refractivity contribution in [1.29, 1.82) is 0 Å². The van der Waals surface area contributed by atoms with Crippen molar-refractivity contribution in [2.75, 3.05) is 13.7 Å². The number of nitrogens with one attached hydrogen (secondary N) is 1. The lowest BCUT2D eigenvalue weighted by molar-refractivity contribution is -0.117. The molecule has 1 amide bonds. The first kappa shape index (κ1) is 19.0. The molecule has 25 heavy (non-hydrogen) atoms. The van der Waals surface area contributed by atoms with Crippen molar-refractivity contribution >= 4 is 24.2 Å². The molecule has 1 aliphatic carbocycles. The van der Waals surface area contributed by atoms with E-state index in [1.807, 2.05) is 0 Å². The molecule has 0 spiro atoms. The molecule has 0 unspecified atom stereocenters. The summed E-state index contributed by atoms with van der Waals surface area (Å²) < 4.78 is 24.1. The van der Waals surface area contributed by atoms with Crippen LogP contribution in [0.15, 0.2) is 46.3 Å². The molecular formula is C18H20ClFN2O3. The molecule has 0 atom stereocenters. The van der Waals surface area contributed by atoms with E-state index < -0.39 is 11.7 Å². The molecular weight excluding hydrogens is 347 g/mol. The van der Waals surface area contributed by atoms with Gasteiger partial charge in [0, 0.05) is 6.54 Å². The number of carbonyl (C=O) groups is 1. The largest absolute Gasteiger partial charge is 0.494 e. The average molecular weight is 367 g/mol. The highest BCUT2D eigenvalue weighted by Crippen LogP contribution is 2.30. The third kappa shape index (κ3) is 5.32. The Hall–Kier alpha value is -2.34. The monoisotopic (exact) mass is 366 g/mol. The van der Waals surface area contributed by atoms with E-state index in [0.717, 1.165) is 12.8 Å². The number of hydrogen-bond acceptors (Lipinski definition) is 4. The number of hydrogen-bond donors (Lipinski definition) is 1. The van der Waals surface area contributed by atoms with Crippen LogP contribution in [-0.2, 0) is 16.1 Å². The Balaban J connectivity index is 2.07. The van der Waals surface area contributed by atoms with Gasteiger partial charge in [-0.15, -0.1) is 0 Å². The second kappa shape index (κ2) is 8.67. The lowest BCUT2D eigenvalue weighted by Crippen LogP contribution is -2.26. The standard InChI is InChI=1S/C18H20ClFN2O3/c1-11(19)16(18(21-2)25-10-12-4-5-12)17(23)22-9-13-6-7-15(24-3)14(20)8-13/h6-8,12H,1-2,4-5,9-10H2,3H3,(H,22,23)/b18-16-. The van der Waals surface area contributed by atoms with Gasteiger partial charge in [0.05, 0.1) is 18.7 Å². The number of halogens is 2. The first-order valence-electron chi connectivity index (χ1n) is 7.75. The third-order valence-corrected chi connectivity index (χ3v) is 3.87. The van der Waals surface area contributed by atoms with E-state index in [0.29, 0.717) is 18.1 Å². The summed E-state index contributed by atoms with van der Waals surface area (Å²) in [6.45, 7) is 7.56. The summed E-state index contributed by atoms with van der Waals surface area (Å²) >= 11 is 5.93. The minimum absolute atomic E-state index is 0.00314. The van der Waals surface area contributed by atoms with Crippen LogP contribution < -0.4 is 10.1 Å². The molecule has 1 aromatic rings. The maximum absolute atomic E-state index is 13.7. The van der Waals surface area contributed by atoms with Gasteiger partial charge in [0.1, 0.15) is 5.57 Å². The van der Waals surface area contributed by atoms with Crippen LogP contribution in [0.1, 0.15) is 18.4 Å². The second-order valence-electron chi connectivity index (χ2n) is 5.65. The van der Waals surface area contributed by atoms with Crippen molar-refractivity contribution in [2.45, 2.75) is 19.4 Å². The van der Waals surface area contributed by atoms with Crippen molar-refractivity contribution in [3.05, 3.63) is 52.6 Å². The fraction of sp³-hybridized carbons (Fsp3) is 0.333. The number of aliphatic imine (C=N–C) groups is 1. The van der Waals surface area contributed by atoms with Gasteiger partial charge < -0.3 is 14.8 Å². The fourth-order valence-electron chi connectivity index (χ4n) is 2.11. The molecule has 5 nitrogen and oxygen atoms in total. The lowest BCUT2D eigenvalue weighted by atomic mass is 10.2. The minimum atomic E-state index is -0.519. The highest BCUT2D eigenvalue weighted by Gasteiger charge is 2.24. The molecule has 1 N–H and O–H groups in total. The van der Waals surface area contributed by atoms with Gasteiger partial charge in [-0.3, -0.25) is 4.79 Å². The van der Waals surface area contributed by atoms with Gasteiger partial charge in [0.2, 0.25) is 5.88 Å². The summed E-state index contributed by atoms with van der Waals surface area (Å²) in [7, 11) is 1.38. The number of benzene rings is 1. The number of ether oxygens (including phenoxy) is 2. The van der Waals surface area contributed by atoms with Crippen molar-refractivity contribution in [2.24, 2.45) is 10.9 Å². The maximum atomic E-state index is 13.7. The summed E-state index contributed by atoms with van der Waals surface area (Å²) in [4.78, 5) is 16.2. The van der Waals surface area contributed by atoms with Gasteiger partial charge in [0.25, 0.3) is 5.91 Å². The lowest BCUT2D eigenvalue weighted by Gasteiger charge is -2.12. The zero-order valence-corrected chi connectivity index (χ0v) is 14.7. The Morgan fingerprint density at radius 3 is 2.72 bits per heavy atom. The van der Waals surface area contributed by atoms with Crippen LogP contribution in [0.4, 0.5) is 4.39 Å². The summed E-state index contributed by atoms with van der Waals surface area (Å²) in [5.74, 6) is -0.365. The van der Waals surface area contributed by atoms with Crippen molar-refractivity contribution in [3.8, 4) is 5.75 Å². The zero-order valence-electron chi connectivity index (χ0n) is 14.0. The van der Waals surface area contributed by atoms with Gasteiger partial charge in [-0.05, 0) is 43.2 Å². The molecule has 0 heterocycles. The predicted molar refractivity (Wildman–Crippen MR) is 95.0 cm³/mol. The number of methoxy groups -OCH3 is 1. The van der Waals surface area contributed by atoms with E-state index in [9.17, 15) is 9.18 Å². The van der Waals surface area contributed by atoms with E-state index in [4.69, 9.17) is 21.1 Å². The fourth-order valence-corrected chi connectivity index (χ4v) is 2.27. The second-order valence-corrected chi connectivity index (χ2v) is 6.11. The van der Waals surface area contributed by atoms with Crippen molar-refractivity contribution in [3.63, 3.8) is 0 Å². The van der Waals surface area contributed by atoms with Crippen LogP contribution in [0.2, 0.25) is 0 Å². The number of nitrogens with zero attached hydrogens (tertiary/aromatic N) is 1.